The number of para-hydroxylation sites is 1. The number of aryl methyl sites for hydroxylation is 1. The Balaban J connectivity index is 1.62. The van der Waals surface area contributed by atoms with E-state index < -0.39 is 0 Å². The van der Waals surface area contributed by atoms with Crippen LogP contribution >= 0.6 is 0 Å². The van der Waals surface area contributed by atoms with Gasteiger partial charge in [-0.25, -0.2) is 0 Å². The van der Waals surface area contributed by atoms with Crippen LogP contribution < -0.4 is 14.8 Å². The van der Waals surface area contributed by atoms with Crippen LogP contribution in [0.15, 0.2) is 48.5 Å². The predicted octanol–water partition coefficient (Wildman–Crippen LogP) is 3.01. The second-order valence-corrected chi connectivity index (χ2v) is 5.40. The van der Waals surface area contributed by atoms with Crippen LogP contribution in [0.25, 0.3) is 0 Å². The summed E-state index contributed by atoms with van der Waals surface area (Å²) in [4.78, 5) is 12.1. The zero-order valence-electron chi connectivity index (χ0n) is 12.5. The molecule has 0 radical (unpaired) electrons. The van der Waals surface area contributed by atoms with Gasteiger partial charge in [0.15, 0.2) is 6.61 Å². The Morgan fingerprint density at radius 2 is 2.09 bits per heavy atom. The number of ether oxygens (including phenoxy) is 2. The van der Waals surface area contributed by atoms with E-state index in [1.54, 1.807) is 0 Å². The summed E-state index contributed by atoms with van der Waals surface area (Å²) in [7, 11) is 0. The predicted molar refractivity (Wildman–Crippen MR) is 84.1 cm³/mol. The Labute approximate surface area is 130 Å². The van der Waals surface area contributed by atoms with Crippen LogP contribution in [0.2, 0.25) is 0 Å². The van der Waals surface area contributed by atoms with Crippen molar-refractivity contribution >= 4 is 5.91 Å². The fourth-order valence-electron chi connectivity index (χ4n) is 2.57. The fraction of sp³-hybridized carbons (Fsp3) is 0.278. The third-order valence-electron chi connectivity index (χ3n) is 3.65. The molecule has 0 aliphatic carbocycles. The lowest BCUT2D eigenvalue weighted by molar-refractivity contribution is -0.124. The lowest BCUT2D eigenvalue weighted by Gasteiger charge is -2.27. The molecular formula is C18H19NO3. The van der Waals surface area contributed by atoms with Crippen LogP contribution in [0.4, 0.5) is 0 Å². The van der Waals surface area contributed by atoms with Crippen molar-refractivity contribution in [2.75, 3.05) is 13.2 Å². The number of carbonyl (C=O) groups is 1. The van der Waals surface area contributed by atoms with Crippen molar-refractivity contribution in [2.24, 2.45) is 0 Å². The molecular weight excluding hydrogens is 278 g/mol. The Hall–Kier alpha value is -2.49. The molecule has 0 saturated heterocycles. The van der Waals surface area contributed by atoms with Crippen molar-refractivity contribution in [1.82, 2.24) is 5.32 Å². The summed E-state index contributed by atoms with van der Waals surface area (Å²) < 4.78 is 11.1. The van der Waals surface area contributed by atoms with Crippen LogP contribution in [0.1, 0.15) is 23.6 Å². The standard InChI is InChI=1S/C18H19NO3/c1-13-7-8-17-15(11-13)16(9-10-21-17)19-18(20)12-22-14-5-3-2-4-6-14/h2-8,11,16H,9-10,12H2,1H3,(H,19,20). The minimum Gasteiger partial charge on any atom is -0.493 e. The fourth-order valence-corrected chi connectivity index (χ4v) is 2.57. The van der Waals surface area contributed by atoms with E-state index in [2.05, 4.69) is 11.4 Å². The second-order valence-electron chi connectivity index (χ2n) is 5.40. The molecule has 0 bridgehead atoms. The van der Waals surface area contributed by atoms with E-state index in [4.69, 9.17) is 9.47 Å². The molecule has 0 aromatic heterocycles. The Morgan fingerprint density at radius 3 is 2.91 bits per heavy atom. The molecule has 114 valence electrons. The number of hydrogen-bond acceptors (Lipinski definition) is 3. The Kier molecular flexibility index (Phi) is 4.28. The van der Waals surface area contributed by atoms with Gasteiger partial charge in [-0.15, -0.1) is 0 Å². The maximum atomic E-state index is 12.1. The molecule has 1 aliphatic rings. The van der Waals surface area contributed by atoms with Crippen molar-refractivity contribution in [2.45, 2.75) is 19.4 Å². The molecule has 2 aromatic rings. The number of rotatable bonds is 4. The third-order valence-corrected chi connectivity index (χ3v) is 3.65. The second kappa shape index (κ2) is 6.52. The molecule has 0 saturated carbocycles. The van der Waals surface area contributed by atoms with Gasteiger partial charge in [0.1, 0.15) is 11.5 Å². The van der Waals surface area contributed by atoms with Crippen molar-refractivity contribution in [3.63, 3.8) is 0 Å². The average Bonchev–Trinajstić information content (AvgIpc) is 2.54. The largest absolute Gasteiger partial charge is 0.493 e. The molecule has 0 fully saturated rings. The number of benzene rings is 2. The molecule has 1 aliphatic heterocycles. The molecule has 2 aromatic carbocycles. The summed E-state index contributed by atoms with van der Waals surface area (Å²) in [5.74, 6) is 1.43. The van der Waals surface area contributed by atoms with Gasteiger partial charge in [-0.05, 0) is 25.1 Å². The monoisotopic (exact) mass is 297 g/mol. The van der Waals surface area contributed by atoms with E-state index in [1.807, 2.05) is 49.4 Å². The number of amides is 1. The van der Waals surface area contributed by atoms with Crippen molar-refractivity contribution in [3.05, 3.63) is 59.7 Å². The highest BCUT2D eigenvalue weighted by atomic mass is 16.5. The highest BCUT2D eigenvalue weighted by molar-refractivity contribution is 5.78. The van der Waals surface area contributed by atoms with E-state index in [0.717, 1.165) is 23.3 Å². The van der Waals surface area contributed by atoms with Crippen LogP contribution in [0, 0.1) is 6.92 Å². The summed E-state index contributed by atoms with van der Waals surface area (Å²) in [6, 6.07) is 15.4. The molecule has 1 unspecified atom stereocenters. The summed E-state index contributed by atoms with van der Waals surface area (Å²) in [6.07, 6.45) is 0.771. The van der Waals surface area contributed by atoms with Crippen molar-refractivity contribution < 1.29 is 14.3 Å². The molecule has 22 heavy (non-hydrogen) atoms. The van der Waals surface area contributed by atoms with Crippen LogP contribution in [-0.2, 0) is 4.79 Å². The maximum Gasteiger partial charge on any atom is 0.258 e. The van der Waals surface area contributed by atoms with Gasteiger partial charge < -0.3 is 14.8 Å². The van der Waals surface area contributed by atoms with Crippen LogP contribution in [0.5, 0.6) is 11.5 Å². The van der Waals surface area contributed by atoms with Gasteiger partial charge >= 0.3 is 0 Å². The zero-order chi connectivity index (χ0) is 15.4. The van der Waals surface area contributed by atoms with Gasteiger partial charge in [0.25, 0.3) is 5.91 Å². The van der Waals surface area contributed by atoms with Crippen molar-refractivity contribution in [1.29, 1.82) is 0 Å². The van der Waals surface area contributed by atoms with Gasteiger partial charge in [-0.1, -0.05) is 35.9 Å². The first-order valence-electron chi connectivity index (χ1n) is 7.43. The summed E-state index contributed by atoms with van der Waals surface area (Å²) in [5.41, 5.74) is 2.20. The minimum absolute atomic E-state index is 0.0164. The molecule has 0 spiro atoms. The van der Waals surface area contributed by atoms with Crippen LogP contribution in [0.3, 0.4) is 0 Å². The maximum absolute atomic E-state index is 12.1. The molecule has 4 nitrogen and oxygen atoms in total. The summed E-state index contributed by atoms with van der Waals surface area (Å²) >= 11 is 0. The molecule has 1 heterocycles. The quantitative estimate of drug-likeness (QED) is 0.943. The third kappa shape index (κ3) is 3.39. The van der Waals surface area contributed by atoms with E-state index in [0.29, 0.717) is 12.4 Å². The smallest absolute Gasteiger partial charge is 0.258 e. The first-order valence-corrected chi connectivity index (χ1v) is 7.43. The lowest BCUT2D eigenvalue weighted by Crippen LogP contribution is -2.35. The number of nitrogens with one attached hydrogen (secondary N) is 1. The highest BCUT2D eigenvalue weighted by Gasteiger charge is 2.23. The average molecular weight is 297 g/mol. The molecule has 1 amide bonds. The van der Waals surface area contributed by atoms with Crippen LogP contribution in [-0.4, -0.2) is 19.1 Å². The Morgan fingerprint density at radius 1 is 1.27 bits per heavy atom. The zero-order valence-corrected chi connectivity index (χ0v) is 12.5. The lowest BCUT2D eigenvalue weighted by atomic mass is 9.98. The molecule has 1 atom stereocenters. The van der Waals surface area contributed by atoms with Gasteiger partial charge in [0.05, 0.1) is 12.6 Å². The number of fused-ring (bicyclic) bond motifs is 1. The summed E-state index contributed by atoms with van der Waals surface area (Å²) in [5, 5.41) is 3.03. The normalized spacial score (nSPS) is 16.3. The minimum atomic E-state index is -0.122. The number of carbonyl (C=O) groups excluding carboxylic acids is 1. The Bertz CT molecular complexity index is 655. The first kappa shape index (κ1) is 14.4. The molecule has 1 N–H and O–H groups in total. The topological polar surface area (TPSA) is 47.6 Å². The highest BCUT2D eigenvalue weighted by Crippen LogP contribution is 2.32. The molecule has 3 rings (SSSR count). The van der Waals surface area contributed by atoms with E-state index in [-0.39, 0.29) is 18.6 Å². The molecule has 4 heteroatoms. The first-order chi connectivity index (χ1) is 10.7. The van der Waals surface area contributed by atoms with Crippen molar-refractivity contribution in [3.8, 4) is 11.5 Å². The van der Waals surface area contributed by atoms with Gasteiger partial charge in [0, 0.05) is 12.0 Å². The van der Waals surface area contributed by atoms with E-state index in [1.165, 1.54) is 0 Å². The van der Waals surface area contributed by atoms with E-state index in [9.17, 15) is 4.79 Å². The van der Waals surface area contributed by atoms with Gasteiger partial charge in [0.2, 0.25) is 0 Å². The number of hydrogen-bond donors (Lipinski definition) is 1. The van der Waals surface area contributed by atoms with Gasteiger partial charge in [-0.2, -0.15) is 0 Å². The SMILES string of the molecule is Cc1ccc2c(c1)C(NC(=O)COc1ccccc1)CCO2. The van der Waals surface area contributed by atoms with E-state index >= 15 is 0 Å². The van der Waals surface area contributed by atoms with Gasteiger partial charge in [-0.3, -0.25) is 4.79 Å². The summed E-state index contributed by atoms with van der Waals surface area (Å²) in [6.45, 7) is 2.66.